The molecule has 0 radical (unpaired) electrons. The van der Waals surface area contributed by atoms with Crippen LogP contribution in [0.5, 0.6) is 0 Å². The van der Waals surface area contributed by atoms with Crippen molar-refractivity contribution in [2.75, 3.05) is 44.9 Å². The van der Waals surface area contributed by atoms with E-state index in [-0.39, 0.29) is 6.04 Å². The molecule has 2 aromatic rings. The number of pyridine rings is 1. The number of fused-ring (bicyclic) bond motifs is 1. The standard InChI is InChI=1S/C21H32N8O2/c1-3-22-21(25-17-6-7-19-26-18(15-30-2)27-29(19)14-17)24-13-16-5-4-8-23-20(16)28-9-11-31-12-10-28/h4-5,8,17H,3,6-7,9-15H2,1-2H3,(H2,22,24,25). The van der Waals surface area contributed by atoms with Crippen LogP contribution < -0.4 is 15.5 Å². The first-order chi connectivity index (χ1) is 15.3. The van der Waals surface area contributed by atoms with Crippen LogP contribution in [0.15, 0.2) is 23.3 Å². The number of guanidine groups is 1. The Kier molecular flexibility index (Phi) is 7.31. The van der Waals surface area contributed by atoms with Crippen LogP contribution >= 0.6 is 0 Å². The minimum absolute atomic E-state index is 0.245. The third-order valence-corrected chi connectivity index (χ3v) is 5.45. The first kappa shape index (κ1) is 21.5. The minimum Gasteiger partial charge on any atom is -0.378 e. The highest BCUT2D eigenvalue weighted by atomic mass is 16.5. The van der Waals surface area contributed by atoms with Gasteiger partial charge in [0.1, 0.15) is 18.2 Å². The lowest BCUT2D eigenvalue weighted by Gasteiger charge is -2.29. The largest absolute Gasteiger partial charge is 0.378 e. The molecule has 0 amide bonds. The number of rotatable bonds is 7. The maximum Gasteiger partial charge on any atom is 0.191 e. The Labute approximate surface area is 183 Å². The van der Waals surface area contributed by atoms with E-state index in [0.717, 1.165) is 81.2 Å². The molecule has 2 aliphatic rings. The van der Waals surface area contributed by atoms with Crippen molar-refractivity contribution in [2.24, 2.45) is 4.99 Å². The third kappa shape index (κ3) is 5.50. The van der Waals surface area contributed by atoms with Gasteiger partial charge in [-0.05, 0) is 19.4 Å². The van der Waals surface area contributed by atoms with Gasteiger partial charge in [-0.1, -0.05) is 6.07 Å². The van der Waals surface area contributed by atoms with E-state index >= 15 is 0 Å². The van der Waals surface area contributed by atoms with Crippen molar-refractivity contribution in [1.29, 1.82) is 0 Å². The number of methoxy groups -OCH3 is 1. The summed E-state index contributed by atoms with van der Waals surface area (Å²) in [6.45, 7) is 7.85. The Hall–Kier alpha value is -2.72. The molecule has 4 rings (SSSR count). The predicted molar refractivity (Wildman–Crippen MR) is 118 cm³/mol. The highest BCUT2D eigenvalue weighted by Crippen LogP contribution is 2.19. The average molecular weight is 429 g/mol. The average Bonchev–Trinajstić information content (AvgIpc) is 3.20. The van der Waals surface area contributed by atoms with Crippen LogP contribution in [0.25, 0.3) is 0 Å². The minimum atomic E-state index is 0.245. The van der Waals surface area contributed by atoms with Gasteiger partial charge in [0, 0.05) is 51.0 Å². The molecule has 2 aliphatic heterocycles. The number of aryl methyl sites for hydroxylation is 1. The number of anilines is 1. The Bertz CT molecular complexity index is 878. The van der Waals surface area contributed by atoms with Crippen molar-refractivity contribution in [3.8, 4) is 0 Å². The molecular weight excluding hydrogens is 396 g/mol. The molecule has 2 aromatic heterocycles. The van der Waals surface area contributed by atoms with Crippen LogP contribution in [0.3, 0.4) is 0 Å². The second-order valence-corrected chi connectivity index (χ2v) is 7.72. The van der Waals surface area contributed by atoms with E-state index in [1.54, 1.807) is 7.11 Å². The Morgan fingerprint density at radius 1 is 1.35 bits per heavy atom. The van der Waals surface area contributed by atoms with Gasteiger partial charge in [-0.3, -0.25) is 0 Å². The van der Waals surface area contributed by atoms with Crippen LogP contribution in [0.1, 0.15) is 30.6 Å². The number of ether oxygens (including phenoxy) is 2. The molecule has 2 N–H and O–H groups in total. The van der Waals surface area contributed by atoms with Gasteiger partial charge in [0.15, 0.2) is 11.8 Å². The topological polar surface area (TPSA) is 102 Å². The fourth-order valence-corrected chi connectivity index (χ4v) is 3.96. The first-order valence-electron chi connectivity index (χ1n) is 11.0. The smallest absolute Gasteiger partial charge is 0.191 e. The van der Waals surface area contributed by atoms with Crippen LogP contribution in [0.4, 0.5) is 5.82 Å². The number of nitrogens with zero attached hydrogens (tertiary/aromatic N) is 6. The fourth-order valence-electron chi connectivity index (χ4n) is 3.96. The molecule has 31 heavy (non-hydrogen) atoms. The molecule has 0 bridgehead atoms. The van der Waals surface area contributed by atoms with E-state index in [4.69, 9.17) is 14.5 Å². The number of hydrogen-bond acceptors (Lipinski definition) is 7. The van der Waals surface area contributed by atoms with Crippen LogP contribution in [0.2, 0.25) is 0 Å². The van der Waals surface area contributed by atoms with Crippen molar-refractivity contribution in [3.05, 3.63) is 35.5 Å². The summed E-state index contributed by atoms with van der Waals surface area (Å²) in [5, 5.41) is 11.5. The lowest BCUT2D eigenvalue weighted by molar-refractivity contribution is 0.122. The van der Waals surface area contributed by atoms with Crippen LogP contribution in [-0.4, -0.2) is 71.7 Å². The van der Waals surface area contributed by atoms with Gasteiger partial charge in [0.05, 0.1) is 26.3 Å². The van der Waals surface area contributed by atoms with Gasteiger partial charge >= 0.3 is 0 Å². The van der Waals surface area contributed by atoms with E-state index < -0.39 is 0 Å². The van der Waals surface area contributed by atoms with Crippen molar-refractivity contribution in [2.45, 2.75) is 45.5 Å². The molecule has 1 atom stereocenters. The number of hydrogen-bond donors (Lipinski definition) is 2. The predicted octanol–water partition coefficient (Wildman–Crippen LogP) is 0.726. The molecule has 168 valence electrons. The zero-order valence-corrected chi connectivity index (χ0v) is 18.4. The number of morpholine rings is 1. The van der Waals surface area contributed by atoms with Gasteiger partial charge in [-0.25, -0.2) is 19.6 Å². The lowest BCUT2D eigenvalue weighted by atomic mass is 10.1. The van der Waals surface area contributed by atoms with E-state index in [1.165, 1.54) is 0 Å². The summed E-state index contributed by atoms with van der Waals surface area (Å²) in [5.74, 6) is 3.58. The second kappa shape index (κ2) is 10.5. The monoisotopic (exact) mass is 428 g/mol. The van der Waals surface area contributed by atoms with Gasteiger partial charge < -0.3 is 25.0 Å². The highest BCUT2D eigenvalue weighted by Gasteiger charge is 2.22. The molecule has 1 fully saturated rings. The molecule has 1 saturated heterocycles. The summed E-state index contributed by atoms with van der Waals surface area (Å²) in [5.41, 5.74) is 1.12. The Morgan fingerprint density at radius 3 is 3.03 bits per heavy atom. The highest BCUT2D eigenvalue weighted by molar-refractivity contribution is 5.80. The lowest BCUT2D eigenvalue weighted by Crippen LogP contribution is -2.47. The van der Waals surface area contributed by atoms with Crippen molar-refractivity contribution >= 4 is 11.8 Å². The SMILES string of the molecule is CCNC(=NCc1cccnc1N1CCOCC1)NC1CCc2nc(COC)nn2C1. The molecule has 0 saturated carbocycles. The summed E-state index contributed by atoms with van der Waals surface area (Å²) in [6.07, 6.45) is 3.72. The zero-order chi connectivity index (χ0) is 21.5. The molecule has 10 heteroatoms. The Morgan fingerprint density at radius 2 is 2.23 bits per heavy atom. The Balaban J connectivity index is 1.42. The van der Waals surface area contributed by atoms with E-state index in [0.29, 0.717) is 13.2 Å². The normalized spacial score (nSPS) is 19.2. The molecule has 1 unspecified atom stereocenters. The molecule has 0 aromatic carbocycles. The molecule has 0 aliphatic carbocycles. The van der Waals surface area contributed by atoms with Crippen LogP contribution in [0, 0.1) is 0 Å². The van der Waals surface area contributed by atoms with Gasteiger partial charge in [-0.15, -0.1) is 0 Å². The summed E-state index contributed by atoms with van der Waals surface area (Å²) in [6, 6.07) is 4.32. The van der Waals surface area contributed by atoms with Gasteiger partial charge in [0.2, 0.25) is 0 Å². The molecule has 0 spiro atoms. The second-order valence-electron chi connectivity index (χ2n) is 7.72. The molecule has 10 nitrogen and oxygen atoms in total. The van der Waals surface area contributed by atoms with Gasteiger partial charge in [-0.2, -0.15) is 5.10 Å². The summed E-state index contributed by atoms with van der Waals surface area (Å²) in [4.78, 5) is 16.3. The maximum atomic E-state index is 5.48. The summed E-state index contributed by atoms with van der Waals surface area (Å²) >= 11 is 0. The van der Waals surface area contributed by atoms with Crippen molar-refractivity contribution in [3.63, 3.8) is 0 Å². The van der Waals surface area contributed by atoms with Crippen molar-refractivity contribution < 1.29 is 9.47 Å². The quantitative estimate of drug-likeness (QED) is 0.492. The molecular formula is C21H32N8O2. The molecule has 4 heterocycles. The summed E-state index contributed by atoms with van der Waals surface area (Å²) < 4.78 is 12.6. The number of aromatic nitrogens is 4. The number of aliphatic imine (C=N–C) groups is 1. The number of nitrogens with one attached hydrogen (secondary N) is 2. The van der Waals surface area contributed by atoms with E-state index in [2.05, 4.69) is 43.6 Å². The maximum absolute atomic E-state index is 5.48. The first-order valence-corrected chi connectivity index (χ1v) is 11.0. The van der Waals surface area contributed by atoms with Crippen molar-refractivity contribution in [1.82, 2.24) is 30.4 Å². The third-order valence-electron chi connectivity index (χ3n) is 5.45. The van der Waals surface area contributed by atoms with E-state index in [9.17, 15) is 0 Å². The zero-order valence-electron chi connectivity index (χ0n) is 18.4. The van der Waals surface area contributed by atoms with Crippen LogP contribution in [-0.2, 0) is 35.6 Å². The van der Waals surface area contributed by atoms with Gasteiger partial charge in [0.25, 0.3) is 0 Å². The summed E-state index contributed by atoms with van der Waals surface area (Å²) in [7, 11) is 1.66. The fraction of sp³-hybridized carbons (Fsp3) is 0.619. The van der Waals surface area contributed by atoms with E-state index in [1.807, 2.05) is 16.9 Å².